The van der Waals surface area contributed by atoms with E-state index in [2.05, 4.69) is 9.97 Å². The van der Waals surface area contributed by atoms with Crippen molar-refractivity contribution < 1.29 is 0 Å². The van der Waals surface area contributed by atoms with Crippen LogP contribution in [0.15, 0.2) is 47.1 Å². The highest BCUT2D eigenvalue weighted by molar-refractivity contribution is 7.16. The molecule has 0 radical (unpaired) electrons. The van der Waals surface area contributed by atoms with E-state index in [0.717, 1.165) is 21.7 Å². The number of fused-ring (bicyclic) bond motifs is 2. The van der Waals surface area contributed by atoms with Gasteiger partial charge in [-0.2, -0.15) is 0 Å². The maximum Gasteiger partial charge on any atom is 0.262 e. The molecule has 5 nitrogen and oxygen atoms in total. The summed E-state index contributed by atoms with van der Waals surface area (Å²) in [6, 6.07) is 5.83. The van der Waals surface area contributed by atoms with E-state index in [1.807, 2.05) is 47.3 Å². The number of aryl methyl sites for hydroxylation is 1. The molecule has 0 amide bonds. The molecule has 104 valence electrons. The number of nitrogens with zero attached hydrogens (tertiary/aromatic N) is 4. The molecular weight excluding hydrogens is 284 g/mol. The summed E-state index contributed by atoms with van der Waals surface area (Å²) in [5.74, 6) is 0. The highest BCUT2D eigenvalue weighted by Gasteiger charge is 2.08. The molecule has 0 N–H and O–H groups in total. The molecule has 0 aliphatic heterocycles. The molecule has 0 atom stereocenters. The van der Waals surface area contributed by atoms with Crippen molar-refractivity contribution in [3.8, 4) is 0 Å². The Balaban J connectivity index is 1.80. The number of aromatic nitrogens is 4. The zero-order valence-corrected chi connectivity index (χ0v) is 12.2. The monoisotopic (exact) mass is 296 g/mol. The lowest BCUT2D eigenvalue weighted by Gasteiger charge is -2.01. The second-order valence-electron chi connectivity index (χ2n) is 4.97. The summed E-state index contributed by atoms with van der Waals surface area (Å²) in [6.07, 6.45) is 5.51. The lowest BCUT2D eigenvalue weighted by molar-refractivity contribution is 0.735. The van der Waals surface area contributed by atoms with E-state index in [0.29, 0.717) is 11.9 Å². The van der Waals surface area contributed by atoms with Crippen molar-refractivity contribution in [1.82, 2.24) is 18.9 Å². The van der Waals surface area contributed by atoms with E-state index >= 15 is 0 Å². The SMILES string of the molecule is Cc1cccn2cc(Cn3cnc4sccc4c3=O)nc12. The van der Waals surface area contributed by atoms with Crippen LogP contribution in [0.2, 0.25) is 0 Å². The number of hydrogen-bond acceptors (Lipinski definition) is 4. The molecule has 21 heavy (non-hydrogen) atoms. The molecule has 0 saturated carbocycles. The van der Waals surface area contributed by atoms with Gasteiger partial charge in [0.05, 0.1) is 24.0 Å². The quantitative estimate of drug-likeness (QED) is 0.571. The van der Waals surface area contributed by atoms with Gasteiger partial charge in [0.2, 0.25) is 0 Å². The molecule has 4 aromatic heterocycles. The topological polar surface area (TPSA) is 52.2 Å². The Kier molecular flexibility index (Phi) is 2.65. The molecule has 0 fully saturated rings. The molecule has 0 aliphatic rings. The third-order valence-corrected chi connectivity index (χ3v) is 4.33. The van der Waals surface area contributed by atoms with Crippen molar-refractivity contribution in [3.63, 3.8) is 0 Å². The van der Waals surface area contributed by atoms with Crippen LogP contribution in [0.1, 0.15) is 11.3 Å². The van der Waals surface area contributed by atoms with E-state index < -0.39 is 0 Å². The van der Waals surface area contributed by atoms with Crippen molar-refractivity contribution in [2.75, 3.05) is 0 Å². The standard InChI is InChI=1S/C15H12N4OS/c1-10-3-2-5-18-7-11(17-13(10)18)8-19-9-16-14-12(15(19)20)4-6-21-14/h2-7,9H,8H2,1H3. The molecule has 4 rings (SSSR count). The van der Waals surface area contributed by atoms with Gasteiger partial charge in [-0.05, 0) is 30.0 Å². The minimum Gasteiger partial charge on any atom is -0.307 e. The van der Waals surface area contributed by atoms with Crippen LogP contribution in [0.3, 0.4) is 0 Å². The van der Waals surface area contributed by atoms with Crippen LogP contribution in [0, 0.1) is 6.92 Å². The fraction of sp³-hybridized carbons (Fsp3) is 0.133. The van der Waals surface area contributed by atoms with Crippen LogP contribution in [0.4, 0.5) is 0 Å². The van der Waals surface area contributed by atoms with E-state index in [9.17, 15) is 4.79 Å². The lowest BCUT2D eigenvalue weighted by atomic mass is 10.3. The van der Waals surface area contributed by atoms with Gasteiger partial charge in [0.25, 0.3) is 5.56 Å². The van der Waals surface area contributed by atoms with Gasteiger partial charge in [0.1, 0.15) is 10.5 Å². The van der Waals surface area contributed by atoms with E-state index in [-0.39, 0.29) is 5.56 Å². The molecule has 0 saturated heterocycles. The van der Waals surface area contributed by atoms with E-state index in [4.69, 9.17) is 0 Å². The second kappa shape index (κ2) is 4.53. The molecule has 4 heterocycles. The summed E-state index contributed by atoms with van der Waals surface area (Å²) in [7, 11) is 0. The Hall–Kier alpha value is -2.47. The van der Waals surface area contributed by atoms with Gasteiger partial charge in [0, 0.05) is 12.4 Å². The first-order valence-electron chi connectivity index (χ1n) is 6.58. The predicted molar refractivity (Wildman–Crippen MR) is 82.9 cm³/mol. The third kappa shape index (κ3) is 1.95. The maximum absolute atomic E-state index is 12.4. The highest BCUT2D eigenvalue weighted by atomic mass is 32.1. The zero-order chi connectivity index (χ0) is 14.4. The van der Waals surface area contributed by atoms with Gasteiger partial charge in [-0.25, -0.2) is 9.97 Å². The van der Waals surface area contributed by atoms with Gasteiger partial charge < -0.3 is 4.40 Å². The Morgan fingerprint density at radius 1 is 1.33 bits per heavy atom. The van der Waals surface area contributed by atoms with Crippen molar-refractivity contribution in [2.45, 2.75) is 13.5 Å². The van der Waals surface area contributed by atoms with Crippen molar-refractivity contribution in [2.24, 2.45) is 0 Å². The molecule has 0 spiro atoms. The zero-order valence-electron chi connectivity index (χ0n) is 11.4. The molecule has 6 heteroatoms. The smallest absolute Gasteiger partial charge is 0.262 e. The summed E-state index contributed by atoms with van der Waals surface area (Å²) in [5, 5.41) is 2.56. The Morgan fingerprint density at radius 2 is 2.24 bits per heavy atom. The summed E-state index contributed by atoms with van der Waals surface area (Å²) < 4.78 is 3.58. The van der Waals surface area contributed by atoms with Gasteiger partial charge in [-0.15, -0.1) is 11.3 Å². The molecule has 0 unspecified atom stereocenters. The molecule has 0 aliphatic carbocycles. The Morgan fingerprint density at radius 3 is 3.10 bits per heavy atom. The number of thiophene rings is 1. The van der Waals surface area contributed by atoms with Crippen LogP contribution in [-0.2, 0) is 6.54 Å². The first kappa shape index (κ1) is 12.3. The van der Waals surface area contributed by atoms with Gasteiger partial charge in [-0.1, -0.05) is 6.07 Å². The van der Waals surface area contributed by atoms with Gasteiger partial charge in [-0.3, -0.25) is 9.36 Å². The molecule has 4 aromatic rings. The van der Waals surface area contributed by atoms with Crippen LogP contribution in [-0.4, -0.2) is 18.9 Å². The van der Waals surface area contributed by atoms with E-state index in [1.54, 1.807) is 10.9 Å². The van der Waals surface area contributed by atoms with Crippen molar-refractivity contribution in [3.05, 3.63) is 63.9 Å². The molecule has 0 aromatic carbocycles. The number of imidazole rings is 1. The predicted octanol–water partition coefficient (Wildman–Crippen LogP) is 2.46. The average molecular weight is 296 g/mol. The molecule has 0 bridgehead atoms. The van der Waals surface area contributed by atoms with Crippen LogP contribution >= 0.6 is 11.3 Å². The van der Waals surface area contributed by atoms with Gasteiger partial charge >= 0.3 is 0 Å². The summed E-state index contributed by atoms with van der Waals surface area (Å²) >= 11 is 1.48. The summed E-state index contributed by atoms with van der Waals surface area (Å²) in [6.45, 7) is 2.45. The number of hydrogen-bond donors (Lipinski definition) is 0. The van der Waals surface area contributed by atoms with Crippen molar-refractivity contribution >= 4 is 27.2 Å². The molecular formula is C15H12N4OS. The minimum atomic E-state index is -0.0185. The lowest BCUT2D eigenvalue weighted by Crippen LogP contribution is -2.20. The van der Waals surface area contributed by atoms with Crippen molar-refractivity contribution in [1.29, 1.82) is 0 Å². The fourth-order valence-electron chi connectivity index (χ4n) is 2.46. The van der Waals surface area contributed by atoms with Gasteiger partial charge in [0.15, 0.2) is 0 Å². The summed E-state index contributed by atoms with van der Waals surface area (Å²) in [5.41, 5.74) is 2.87. The first-order chi connectivity index (χ1) is 10.2. The van der Waals surface area contributed by atoms with E-state index in [1.165, 1.54) is 11.3 Å². The highest BCUT2D eigenvalue weighted by Crippen LogP contribution is 2.14. The minimum absolute atomic E-state index is 0.0185. The number of pyridine rings is 1. The Bertz CT molecular complexity index is 1010. The third-order valence-electron chi connectivity index (χ3n) is 3.51. The second-order valence-corrected chi connectivity index (χ2v) is 5.87. The summed E-state index contributed by atoms with van der Waals surface area (Å²) in [4.78, 5) is 22.1. The normalized spacial score (nSPS) is 11.5. The first-order valence-corrected chi connectivity index (χ1v) is 7.46. The maximum atomic E-state index is 12.4. The van der Waals surface area contributed by atoms with Crippen LogP contribution < -0.4 is 5.56 Å². The van der Waals surface area contributed by atoms with Crippen LogP contribution in [0.5, 0.6) is 0 Å². The average Bonchev–Trinajstić information content (AvgIpc) is 3.09. The number of rotatable bonds is 2. The Labute approximate surface area is 124 Å². The van der Waals surface area contributed by atoms with Crippen LogP contribution in [0.25, 0.3) is 15.9 Å². The fourth-order valence-corrected chi connectivity index (χ4v) is 3.18. The largest absolute Gasteiger partial charge is 0.307 e.